The van der Waals surface area contributed by atoms with Gasteiger partial charge < -0.3 is 5.32 Å². The molecular formula is C24H16ClFN6OS2. The highest BCUT2D eigenvalue weighted by Crippen LogP contribution is 2.31. The van der Waals surface area contributed by atoms with Gasteiger partial charge in [0.2, 0.25) is 0 Å². The summed E-state index contributed by atoms with van der Waals surface area (Å²) in [4.78, 5) is 21.0. The smallest absolute Gasteiger partial charge is 0.275 e. The first-order chi connectivity index (χ1) is 17.1. The van der Waals surface area contributed by atoms with E-state index >= 15 is 0 Å². The SMILES string of the molecule is O=C(Nc1ccccc1F)c1csc(CSc2nnc(-c3ccncc3)n2-c2cccc(Cl)c2)n1. The van der Waals surface area contributed by atoms with E-state index in [1.807, 2.05) is 34.9 Å². The maximum absolute atomic E-state index is 13.8. The first kappa shape index (κ1) is 23.2. The molecule has 0 aliphatic heterocycles. The van der Waals surface area contributed by atoms with Crippen LogP contribution in [-0.4, -0.2) is 30.6 Å². The molecule has 5 aromatic rings. The number of anilines is 1. The Kier molecular flexibility index (Phi) is 6.84. The number of thiazole rings is 1. The van der Waals surface area contributed by atoms with Crippen molar-refractivity contribution in [1.29, 1.82) is 0 Å². The maximum Gasteiger partial charge on any atom is 0.275 e. The van der Waals surface area contributed by atoms with Crippen molar-refractivity contribution in [2.45, 2.75) is 10.9 Å². The van der Waals surface area contributed by atoms with Crippen LogP contribution in [0.5, 0.6) is 0 Å². The maximum atomic E-state index is 13.8. The van der Waals surface area contributed by atoms with Crippen LogP contribution in [0.1, 0.15) is 15.5 Å². The minimum Gasteiger partial charge on any atom is -0.318 e. The lowest BCUT2D eigenvalue weighted by Crippen LogP contribution is -2.13. The van der Waals surface area contributed by atoms with Crippen molar-refractivity contribution in [2.24, 2.45) is 0 Å². The molecule has 0 radical (unpaired) electrons. The molecule has 174 valence electrons. The molecule has 1 amide bonds. The lowest BCUT2D eigenvalue weighted by molar-refractivity contribution is 0.102. The van der Waals surface area contributed by atoms with Crippen molar-refractivity contribution in [2.75, 3.05) is 5.32 Å². The summed E-state index contributed by atoms with van der Waals surface area (Å²) < 4.78 is 15.8. The third-order valence-corrected chi connectivity index (χ3v) is 7.08. The zero-order valence-electron chi connectivity index (χ0n) is 17.9. The van der Waals surface area contributed by atoms with Gasteiger partial charge in [-0.2, -0.15) is 0 Å². The van der Waals surface area contributed by atoms with Crippen molar-refractivity contribution >= 4 is 46.3 Å². The number of nitrogens with zero attached hydrogens (tertiary/aromatic N) is 5. The van der Waals surface area contributed by atoms with Crippen LogP contribution in [0.3, 0.4) is 0 Å². The molecule has 7 nitrogen and oxygen atoms in total. The zero-order valence-corrected chi connectivity index (χ0v) is 20.3. The van der Waals surface area contributed by atoms with Crippen LogP contribution >= 0.6 is 34.7 Å². The fourth-order valence-electron chi connectivity index (χ4n) is 3.26. The summed E-state index contributed by atoms with van der Waals surface area (Å²) in [5, 5.41) is 14.9. The zero-order chi connectivity index (χ0) is 24.2. The van der Waals surface area contributed by atoms with Crippen LogP contribution < -0.4 is 5.32 Å². The molecule has 5 rings (SSSR count). The number of nitrogens with one attached hydrogen (secondary N) is 1. The largest absolute Gasteiger partial charge is 0.318 e. The van der Waals surface area contributed by atoms with Crippen LogP contribution in [-0.2, 0) is 5.75 Å². The Morgan fingerprint density at radius 2 is 1.91 bits per heavy atom. The summed E-state index contributed by atoms with van der Waals surface area (Å²) in [6.07, 6.45) is 3.39. The molecule has 0 aliphatic rings. The van der Waals surface area contributed by atoms with Crippen LogP contribution in [0.4, 0.5) is 10.1 Å². The van der Waals surface area contributed by atoms with Crippen LogP contribution in [0.2, 0.25) is 5.02 Å². The minimum absolute atomic E-state index is 0.111. The summed E-state index contributed by atoms with van der Waals surface area (Å²) in [5.41, 5.74) is 2.02. The lowest BCUT2D eigenvalue weighted by atomic mass is 10.2. The van der Waals surface area contributed by atoms with Gasteiger partial charge in [0, 0.05) is 28.4 Å². The number of hydrogen-bond acceptors (Lipinski definition) is 7. The number of carbonyl (C=O) groups excluding carboxylic acids is 1. The van der Waals surface area contributed by atoms with E-state index in [9.17, 15) is 9.18 Å². The molecule has 0 unspecified atom stereocenters. The molecule has 0 saturated carbocycles. The average Bonchev–Trinajstić information content (AvgIpc) is 3.52. The van der Waals surface area contributed by atoms with E-state index in [1.54, 1.807) is 36.0 Å². The normalized spacial score (nSPS) is 10.9. The van der Waals surface area contributed by atoms with E-state index in [-0.39, 0.29) is 11.4 Å². The highest BCUT2D eigenvalue weighted by Gasteiger charge is 2.18. The monoisotopic (exact) mass is 522 g/mol. The molecule has 0 atom stereocenters. The summed E-state index contributed by atoms with van der Waals surface area (Å²) in [7, 11) is 0. The van der Waals surface area contributed by atoms with Crippen molar-refractivity contribution < 1.29 is 9.18 Å². The lowest BCUT2D eigenvalue weighted by Gasteiger charge is -2.10. The van der Waals surface area contributed by atoms with Crippen molar-refractivity contribution in [3.05, 3.63) is 100.0 Å². The number of thioether (sulfide) groups is 1. The summed E-state index contributed by atoms with van der Waals surface area (Å²) in [5.74, 6) is 0.148. The van der Waals surface area contributed by atoms with Crippen LogP contribution in [0, 0.1) is 5.82 Å². The molecule has 0 bridgehead atoms. The van der Waals surface area contributed by atoms with E-state index < -0.39 is 11.7 Å². The second kappa shape index (κ2) is 10.3. The molecule has 0 saturated heterocycles. The van der Waals surface area contributed by atoms with Crippen LogP contribution in [0.25, 0.3) is 17.1 Å². The number of halogens is 2. The van der Waals surface area contributed by atoms with Gasteiger partial charge in [0.25, 0.3) is 5.91 Å². The minimum atomic E-state index is -0.503. The number of benzene rings is 2. The first-order valence-corrected chi connectivity index (χ1v) is 12.6. The van der Waals surface area contributed by atoms with Gasteiger partial charge in [0.05, 0.1) is 17.1 Å². The Morgan fingerprint density at radius 1 is 1.09 bits per heavy atom. The number of aromatic nitrogens is 5. The molecule has 0 fully saturated rings. The molecule has 35 heavy (non-hydrogen) atoms. The van der Waals surface area contributed by atoms with Crippen molar-refractivity contribution in [3.8, 4) is 17.1 Å². The van der Waals surface area contributed by atoms with Gasteiger partial charge in [0.1, 0.15) is 16.5 Å². The van der Waals surface area contributed by atoms with Gasteiger partial charge in [0.15, 0.2) is 11.0 Å². The molecule has 11 heteroatoms. The van der Waals surface area contributed by atoms with Crippen molar-refractivity contribution in [1.82, 2.24) is 24.7 Å². The van der Waals surface area contributed by atoms with Crippen molar-refractivity contribution in [3.63, 3.8) is 0 Å². The highest BCUT2D eigenvalue weighted by molar-refractivity contribution is 7.98. The average molecular weight is 523 g/mol. The predicted molar refractivity (Wildman–Crippen MR) is 136 cm³/mol. The Morgan fingerprint density at radius 3 is 2.71 bits per heavy atom. The van der Waals surface area contributed by atoms with Gasteiger partial charge in [-0.1, -0.05) is 41.6 Å². The number of pyridine rings is 1. The number of hydrogen-bond donors (Lipinski definition) is 1. The van der Waals surface area contributed by atoms with E-state index in [2.05, 4.69) is 25.5 Å². The Labute approximate surface area is 213 Å². The van der Waals surface area contributed by atoms with Crippen LogP contribution in [0.15, 0.2) is 83.6 Å². The Hall–Kier alpha value is -3.60. The number of rotatable bonds is 7. The van der Waals surface area contributed by atoms with Gasteiger partial charge >= 0.3 is 0 Å². The van der Waals surface area contributed by atoms with E-state index in [4.69, 9.17) is 11.6 Å². The van der Waals surface area contributed by atoms with Gasteiger partial charge in [-0.05, 0) is 42.5 Å². The van der Waals surface area contributed by atoms with Gasteiger partial charge in [-0.15, -0.1) is 21.5 Å². The molecule has 3 heterocycles. The fourth-order valence-corrected chi connectivity index (χ4v) is 5.18. The van der Waals surface area contributed by atoms with E-state index in [1.165, 1.54) is 35.2 Å². The highest BCUT2D eigenvalue weighted by atomic mass is 35.5. The number of carbonyl (C=O) groups is 1. The quantitative estimate of drug-likeness (QED) is 0.259. The topological polar surface area (TPSA) is 85.6 Å². The third kappa shape index (κ3) is 5.24. The Balaban J connectivity index is 1.37. The Bertz CT molecular complexity index is 1490. The van der Waals surface area contributed by atoms with E-state index in [0.717, 1.165) is 16.3 Å². The standard InChI is InChI=1S/C24H16ClFN6OS2/c25-16-4-3-5-17(12-16)32-22(15-8-10-27-11-9-15)30-31-24(32)35-14-21-28-20(13-34-21)23(33)29-19-7-2-1-6-18(19)26/h1-13H,14H2,(H,29,33). The van der Waals surface area contributed by atoms with Gasteiger partial charge in [-0.25, -0.2) is 9.37 Å². The number of amides is 1. The molecule has 1 N–H and O–H groups in total. The molecular weight excluding hydrogens is 507 g/mol. The summed E-state index contributed by atoms with van der Waals surface area (Å²) in [6, 6.07) is 17.2. The molecule has 0 spiro atoms. The second-order valence-electron chi connectivity index (χ2n) is 7.21. The second-order valence-corrected chi connectivity index (χ2v) is 9.53. The van der Waals surface area contributed by atoms with Gasteiger partial charge in [-0.3, -0.25) is 14.3 Å². The number of para-hydroxylation sites is 1. The van der Waals surface area contributed by atoms with E-state index in [0.29, 0.717) is 21.8 Å². The third-order valence-electron chi connectivity index (χ3n) is 4.87. The summed E-state index contributed by atoms with van der Waals surface area (Å²) >= 11 is 9.03. The fraction of sp³-hybridized carbons (Fsp3) is 0.0417. The first-order valence-electron chi connectivity index (χ1n) is 10.3. The molecule has 3 aromatic heterocycles. The predicted octanol–water partition coefficient (Wildman–Crippen LogP) is 6.12. The summed E-state index contributed by atoms with van der Waals surface area (Å²) in [6.45, 7) is 0. The molecule has 0 aliphatic carbocycles. The molecule has 2 aromatic carbocycles.